The molecule has 0 saturated carbocycles. The summed E-state index contributed by atoms with van der Waals surface area (Å²) < 4.78 is 11.7. The molecule has 0 aliphatic heterocycles. The Morgan fingerprint density at radius 2 is 1.69 bits per heavy atom. The minimum Gasteiger partial charge on any atom is -0.507 e. The number of aromatic hydroxyl groups is 1. The molecule has 1 heterocycles. The van der Waals surface area contributed by atoms with Crippen LogP contribution in [0.3, 0.4) is 0 Å². The number of nitrogens with zero attached hydrogens (tertiary/aromatic N) is 1. The Hall–Kier alpha value is -3.34. The quantitative estimate of drug-likeness (QED) is 0.389. The third kappa shape index (κ3) is 6.33. The van der Waals surface area contributed by atoms with Crippen LogP contribution in [0.2, 0.25) is 0 Å². The van der Waals surface area contributed by atoms with Crippen LogP contribution in [-0.2, 0) is 11.2 Å². The molecule has 1 N–H and O–H groups in total. The first kappa shape index (κ1) is 23.3. The van der Waals surface area contributed by atoms with Crippen LogP contribution < -0.4 is 9.47 Å². The number of unbranched alkanes of at least 4 members (excludes halogenated alkanes) is 1. The summed E-state index contributed by atoms with van der Waals surface area (Å²) in [6.45, 7) is 6.68. The van der Waals surface area contributed by atoms with Crippen LogP contribution in [0.5, 0.6) is 17.2 Å². The zero-order valence-electron chi connectivity index (χ0n) is 19.0. The van der Waals surface area contributed by atoms with E-state index >= 15 is 0 Å². The Bertz CT molecular complexity index is 1010. The average molecular weight is 434 g/mol. The zero-order chi connectivity index (χ0) is 22.9. The van der Waals surface area contributed by atoms with Gasteiger partial charge in [-0.15, -0.1) is 0 Å². The van der Waals surface area contributed by atoms with Gasteiger partial charge in [-0.3, -0.25) is 9.78 Å². The van der Waals surface area contributed by atoms with Crippen molar-refractivity contribution < 1.29 is 19.4 Å². The molecule has 168 valence electrons. The molecule has 0 spiro atoms. The number of phenolic OH excluding ortho intramolecular Hbond substituents is 1. The van der Waals surface area contributed by atoms with Gasteiger partial charge in [0.1, 0.15) is 23.0 Å². The van der Waals surface area contributed by atoms with Gasteiger partial charge in [-0.25, -0.2) is 0 Å². The Kier molecular flexibility index (Phi) is 8.26. The number of hydrogen-bond donors (Lipinski definition) is 1. The van der Waals surface area contributed by atoms with Gasteiger partial charge in [-0.05, 0) is 62.2 Å². The van der Waals surface area contributed by atoms with Crippen molar-refractivity contribution in [1.82, 2.24) is 4.98 Å². The fourth-order valence-electron chi connectivity index (χ4n) is 3.26. The number of carbonyl (C=O) groups excluding carboxylic acids is 1. The minimum atomic E-state index is -0.0494. The van der Waals surface area contributed by atoms with Crippen molar-refractivity contribution in [1.29, 1.82) is 0 Å². The second-order valence-corrected chi connectivity index (χ2v) is 8.14. The standard InChI is InChI=1S/C27H31NO4/c1-19(2)25(29)18-22-11-14-26(20(3)27(22)30)32-17-7-6-16-31-23-12-9-21(10-13-23)24-8-4-5-15-28-24/h4-5,8-15,19,30H,6-7,16-18H2,1-3H3. The van der Waals surface area contributed by atoms with Crippen molar-refractivity contribution in [2.75, 3.05) is 13.2 Å². The van der Waals surface area contributed by atoms with Crippen molar-refractivity contribution in [2.45, 2.75) is 40.0 Å². The van der Waals surface area contributed by atoms with E-state index in [4.69, 9.17) is 9.47 Å². The van der Waals surface area contributed by atoms with Crippen LogP contribution in [0.15, 0.2) is 60.8 Å². The van der Waals surface area contributed by atoms with Gasteiger partial charge < -0.3 is 14.6 Å². The van der Waals surface area contributed by atoms with Crippen LogP contribution in [0.4, 0.5) is 0 Å². The fraction of sp³-hybridized carbons (Fsp3) is 0.333. The van der Waals surface area contributed by atoms with Gasteiger partial charge in [0, 0.05) is 35.2 Å². The van der Waals surface area contributed by atoms with Gasteiger partial charge in [-0.2, -0.15) is 0 Å². The number of ketones is 1. The van der Waals surface area contributed by atoms with Gasteiger partial charge in [0.15, 0.2) is 0 Å². The first-order valence-electron chi connectivity index (χ1n) is 11.1. The van der Waals surface area contributed by atoms with Gasteiger partial charge >= 0.3 is 0 Å². The largest absolute Gasteiger partial charge is 0.507 e. The Labute approximate surface area is 190 Å². The zero-order valence-corrected chi connectivity index (χ0v) is 19.0. The molecule has 0 radical (unpaired) electrons. The van der Waals surface area contributed by atoms with Crippen LogP contribution in [0.25, 0.3) is 11.3 Å². The molecule has 32 heavy (non-hydrogen) atoms. The molecule has 5 nitrogen and oxygen atoms in total. The van der Waals surface area contributed by atoms with Gasteiger partial charge in [0.2, 0.25) is 0 Å². The van der Waals surface area contributed by atoms with Gasteiger partial charge in [-0.1, -0.05) is 26.0 Å². The highest BCUT2D eigenvalue weighted by atomic mass is 16.5. The Morgan fingerprint density at radius 3 is 2.34 bits per heavy atom. The van der Waals surface area contributed by atoms with E-state index in [2.05, 4.69) is 4.98 Å². The molecular formula is C27H31NO4. The molecule has 0 unspecified atom stereocenters. The Morgan fingerprint density at radius 1 is 0.969 bits per heavy atom. The van der Waals surface area contributed by atoms with E-state index in [1.807, 2.05) is 69.3 Å². The topological polar surface area (TPSA) is 68.7 Å². The monoisotopic (exact) mass is 433 g/mol. The maximum absolute atomic E-state index is 12.0. The molecule has 0 saturated heterocycles. The summed E-state index contributed by atoms with van der Waals surface area (Å²) in [5.74, 6) is 1.69. The summed E-state index contributed by atoms with van der Waals surface area (Å²) in [6.07, 6.45) is 3.71. The third-order valence-corrected chi connectivity index (χ3v) is 5.35. The summed E-state index contributed by atoms with van der Waals surface area (Å²) in [5, 5.41) is 10.4. The molecule has 0 amide bonds. The van der Waals surface area contributed by atoms with E-state index in [0.717, 1.165) is 29.8 Å². The lowest BCUT2D eigenvalue weighted by Gasteiger charge is -2.14. The van der Waals surface area contributed by atoms with E-state index in [9.17, 15) is 9.90 Å². The molecule has 2 aromatic carbocycles. The smallest absolute Gasteiger partial charge is 0.139 e. The first-order chi connectivity index (χ1) is 15.5. The summed E-state index contributed by atoms with van der Waals surface area (Å²) in [7, 11) is 0. The van der Waals surface area contributed by atoms with Crippen LogP contribution in [0, 0.1) is 12.8 Å². The summed E-state index contributed by atoms with van der Waals surface area (Å²) in [4.78, 5) is 16.3. The lowest BCUT2D eigenvalue weighted by molar-refractivity contribution is -0.121. The summed E-state index contributed by atoms with van der Waals surface area (Å²) in [6, 6.07) is 17.4. The number of carbonyl (C=O) groups is 1. The van der Waals surface area contributed by atoms with E-state index in [-0.39, 0.29) is 23.9 Å². The number of Topliss-reactive ketones (excluding diaryl/α,β-unsaturated/α-hetero) is 1. The normalized spacial score (nSPS) is 10.9. The maximum atomic E-state index is 12.0. The molecule has 0 bridgehead atoms. The summed E-state index contributed by atoms with van der Waals surface area (Å²) in [5.41, 5.74) is 3.32. The lowest BCUT2D eigenvalue weighted by Crippen LogP contribution is -2.10. The predicted octanol–water partition coefficient (Wildman–Crippen LogP) is 5.77. The maximum Gasteiger partial charge on any atom is 0.139 e. The van der Waals surface area contributed by atoms with Crippen molar-refractivity contribution in [2.24, 2.45) is 5.92 Å². The fourth-order valence-corrected chi connectivity index (χ4v) is 3.26. The van der Waals surface area contributed by atoms with Gasteiger partial charge in [0.05, 0.1) is 18.9 Å². The van der Waals surface area contributed by atoms with Crippen LogP contribution >= 0.6 is 0 Å². The van der Waals surface area contributed by atoms with E-state index in [0.29, 0.717) is 30.1 Å². The molecule has 5 heteroatoms. The first-order valence-corrected chi connectivity index (χ1v) is 11.1. The molecule has 3 rings (SSSR count). The average Bonchev–Trinajstić information content (AvgIpc) is 2.81. The molecule has 0 atom stereocenters. The molecule has 0 aliphatic rings. The van der Waals surface area contributed by atoms with Crippen LogP contribution in [0.1, 0.15) is 37.8 Å². The Balaban J connectivity index is 1.40. The van der Waals surface area contributed by atoms with Crippen molar-refractivity contribution in [3.8, 4) is 28.5 Å². The number of pyridine rings is 1. The van der Waals surface area contributed by atoms with E-state index in [1.54, 1.807) is 12.3 Å². The SMILES string of the molecule is Cc1c(OCCCCOc2ccc(-c3ccccn3)cc2)ccc(CC(=O)C(C)C)c1O. The lowest BCUT2D eigenvalue weighted by atomic mass is 9.98. The molecular weight excluding hydrogens is 402 g/mol. The second-order valence-electron chi connectivity index (χ2n) is 8.14. The molecule has 0 aliphatic carbocycles. The van der Waals surface area contributed by atoms with Crippen molar-refractivity contribution >= 4 is 5.78 Å². The number of aromatic nitrogens is 1. The number of phenols is 1. The number of benzene rings is 2. The van der Waals surface area contributed by atoms with E-state index in [1.165, 1.54) is 0 Å². The number of rotatable bonds is 11. The molecule has 3 aromatic rings. The third-order valence-electron chi connectivity index (χ3n) is 5.35. The highest BCUT2D eigenvalue weighted by molar-refractivity contribution is 5.83. The highest BCUT2D eigenvalue weighted by Gasteiger charge is 2.15. The van der Waals surface area contributed by atoms with Crippen LogP contribution in [-0.4, -0.2) is 29.1 Å². The van der Waals surface area contributed by atoms with Crippen molar-refractivity contribution in [3.05, 3.63) is 71.9 Å². The molecule has 0 fully saturated rings. The second kappa shape index (κ2) is 11.3. The number of hydrogen-bond acceptors (Lipinski definition) is 5. The number of ether oxygens (including phenoxy) is 2. The minimum absolute atomic E-state index is 0.0494. The van der Waals surface area contributed by atoms with E-state index < -0.39 is 0 Å². The van der Waals surface area contributed by atoms with Gasteiger partial charge in [0.25, 0.3) is 0 Å². The van der Waals surface area contributed by atoms with Crippen molar-refractivity contribution in [3.63, 3.8) is 0 Å². The predicted molar refractivity (Wildman–Crippen MR) is 126 cm³/mol. The molecule has 1 aromatic heterocycles. The summed E-state index contributed by atoms with van der Waals surface area (Å²) >= 11 is 0. The highest BCUT2D eigenvalue weighted by Crippen LogP contribution is 2.31.